The summed E-state index contributed by atoms with van der Waals surface area (Å²) in [7, 11) is 0. The van der Waals surface area contributed by atoms with Crippen molar-refractivity contribution in [2.45, 2.75) is 45.7 Å². The van der Waals surface area contributed by atoms with E-state index in [0.29, 0.717) is 29.7 Å². The molecule has 26 heavy (non-hydrogen) atoms. The first-order chi connectivity index (χ1) is 12.5. The molecule has 6 nitrogen and oxygen atoms in total. The van der Waals surface area contributed by atoms with Crippen LogP contribution in [-0.2, 0) is 0 Å². The van der Waals surface area contributed by atoms with E-state index >= 15 is 0 Å². The van der Waals surface area contributed by atoms with Gasteiger partial charge in [0.25, 0.3) is 5.89 Å². The third-order valence-electron chi connectivity index (χ3n) is 5.98. The van der Waals surface area contributed by atoms with Crippen LogP contribution < -0.4 is 0 Å². The fourth-order valence-corrected chi connectivity index (χ4v) is 4.45. The summed E-state index contributed by atoms with van der Waals surface area (Å²) in [6.07, 6.45) is 0. The minimum atomic E-state index is 0.279. The van der Waals surface area contributed by atoms with E-state index in [9.17, 15) is 0 Å². The second-order valence-electron chi connectivity index (χ2n) is 8.25. The first-order valence-electron chi connectivity index (χ1n) is 9.59. The van der Waals surface area contributed by atoms with Crippen molar-refractivity contribution < 1.29 is 4.42 Å². The summed E-state index contributed by atoms with van der Waals surface area (Å²) >= 11 is 0. The number of rotatable bonds is 4. The average Bonchev–Trinajstić information content (AvgIpc) is 3.08. The van der Waals surface area contributed by atoms with E-state index < -0.39 is 0 Å². The molecule has 1 saturated heterocycles. The first-order valence-corrected chi connectivity index (χ1v) is 9.59. The van der Waals surface area contributed by atoms with Crippen LogP contribution in [0.15, 0.2) is 28.7 Å². The number of hydrogen-bond donors (Lipinski definition) is 0. The Bertz CT molecular complexity index is 944. The zero-order valence-electron chi connectivity index (χ0n) is 15.8. The third-order valence-corrected chi connectivity index (χ3v) is 5.98. The highest BCUT2D eigenvalue weighted by Gasteiger charge is 2.59. The fraction of sp³-hybridized carbons (Fsp3) is 0.550. The van der Waals surface area contributed by atoms with Crippen LogP contribution in [0.5, 0.6) is 0 Å². The Morgan fingerprint density at radius 1 is 1.00 bits per heavy atom. The standard InChI is InChI=1S/C20H25N5O/c1-11(2)24-9-14-15(10-24)17(14)19-21-22-20(26-19)18-13-7-5-6-8-16(13)25(23-18)12(3)4/h5-8,11-12,14-15,17H,9-10H2,1-4H3. The lowest BCUT2D eigenvalue weighted by Crippen LogP contribution is -2.31. The van der Waals surface area contributed by atoms with Gasteiger partial charge in [-0.25, -0.2) is 0 Å². The summed E-state index contributed by atoms with van der Waals surface area (Å²) < 4.78 is 8.14. The van der Waals surface area contributed by atoms with Crippen molar-refractivity contribution >= 4 is 10.9 Å². The molecule has 5 rings (SSSR count). The molecule has 2 aliphatic rings. The number of hydrogen-bond acceptors (Lipinski definition) is 5. The van der Waals surface area contributed by atoms with Crippen LogP contribution in [0.3, 0.4) is 0 Å². The molecule has 0 bridgehead atoms. The van der Waals surface area contributed by atoms with Gasteiger partial charge in [-0.3, -0.25) is 4.68 Å². The minimum absolute atomic E-state index is 0.279. The van der Waals surface area contributed by atoms with Gasteiger partial charge < -0.3 is 9.32 Å². The van der Waals surface area contributed by atoms with Gasteiger partial charge in [0.2, 0.25) is 5.89 Å². The van der Waals surface area contributed by atoms with Gasteiger partial charge in [0.05, 0.1) is 5.52 Å². The molecule has 1 aromatic carbocycles. The van der Waals surface area contributed by atoms with Crippen molar-refractivity contribution in [1.29, 1.82) is 0 Å². The molecule has 1 aliphatic heterocycles. The van der Waals surface area contributed by atoms with E-state index in [-0.39, 0.29) is 6.04 Å². The second kappa shape index (κ2) is 5.64. The van der Waals surface area contributed by atoms with E-state index in [4.69, 9.17) is 9.52 Å². The first kappa shape index (κ1) is 16.0. The molecule has 2 aromatic heterocycles. The summed E-state index contributed by atoms with van der Waals surface area (Å²) in [6, 6.07) is 9.13. The predicted molar refractivity (Wildman–Crippen MR) is 99.8 cm³/mol. The maximum absolute atomic E-state index is 6.11. The van der Waals surface area contributed by atoms with Gasteiger partial charge in [-0.2, -0.15) is 5.10 Å². The van der Waals surface area contributed by atoms with Gasteiger partial charge >= 0.3 is 0 Å². The average molecular weight is 351 g/mol. The highest BCUT2D eigenvalue weighted by atomic mass is 16.4. The van der Waals surface area contributed by atoms with Crippen molar-refractivity contribution in [3.05, 3.63) is 30.2 Å². The van der Waals surface area contributed by atoms with Crippen LogP contribution in [0.4, 0.5) is 0 Å². The molecular weight excluding hydrogens is 326 g/mol. The van der Waals surface area contributed by atoms with Crippen molar-refractivity contribution in [3.63, 3.8) is 0 Å². The van der Waals surface area contributed by atoms with Crippen molar-refractivity contribution in [2.75, 3.05) is 13.1 Å². The molecule has 1 saturated carbocycles. The number of aromatic nitrogens is 4. The van der Waals surface area contributed by atoms with E-state index in [1.807, 2.05) is 16.8 Å². The van der Waals surface area contributed by atoms with E-state index in [0.717, 1.165) is 35.6 Å². The van der Waals surface area contributed by atoms with Crippen LogP contribution in [0.2, 0.25) is 0 Å². The quantitative estimate of drug-likeness (QED) is 0.717. The molecular formula is C20H25N5O. The molecule has 3 aromatic rings. The molecule has 136 valence electrons. The Morgan fingerprint density at radius 3 is 2.42 bits per heavy atom. The number of nitrogens with zero attached hydrogens (tertiary/aromatic N) is 5. The molecule has 2 atom stereocenters. The van der Waals surface area contributed by atoms with Gasteiger partial charge in [0, 0.05) is 36.5 Å². The van der Waals surface area contributed by atoms with Crippen molar-refractivity contribution in [3.8, 4) is 11.6 Å². The smallest absolute Gasteiger partial charge is 0.268 e. The van der Waals surface area contributed by atoms with Crippen LogP contribution in [-0.4, -0.2) is 44.0 Å². The van der Waals surface area contributed by atoms with E-state index in [1.165, 1.54) is 0 Å². The van der Waals surface area contributed by atoms with Gasteiger partial charge in [0.1, 0.15) is 0 Å². The summed E-state index contributed by atoms with van der Waals surface area (Å²) in [4.78, 5) is 2.54. The lowest BCUT2D eigenvalue weighted by atomic mass is 10.2. The molecule has 0 radical (unpaired) electrons. The van der Waals surface area contributed by atoms with Crippen LogP contribution >= 0.6 is 0 Å². The number of piperidine rings is 1. The molecule has 6 heteroatoms. The third kappa shape index (κ3) is 2.31. The molecule has 2 fully saturated rings. The van der Waals surface area contributed by atoms with Gasteiger partial charge in [-0.1, -0.05) is 18.2 Å². The Kier molecular flexibility index (Phi) is 3.47. The van der Waals surface area contributed by atoms with Crippen molar-refractivity contribution in [1.82, 2.24) is 24.9 Å². The van der Waals surface area contributed by atoms with Crippen LogP contribution in [0.25, 0.3) is 22.5 Å². The highest BCUT2D eigenvalue weighted by Crippen LogP contribution is 2.58. The predicted octanol–water partition coefficient (Wildman–Crippen LogP) is 3.72. The summed E-state index contributed by atoms with van der Waals surface area (Å²) in [5.74, 6) is 3.12. The molecule has 2 unspecified atom stereocenters. The lowest BCUT2D eigenvalue weighted by molar-refractivity contribution is 0.238. The van der Waals surface area contributed by atoms with Gasteiger partial charge in [-0.05, 0) is 45.6 Å². The molecule has 3 heterocycles. The molecule has 0 amide bonds. The Morgan fingerprint density at radius 2 is 1.73 bits per heavy atom. The van der Waals surface area contributed by atoms with Crippen LogP contribution in [0.1, 0.15) is 45.5 Å². The van der Waals surface area contributed by atoms with Gasteiger partial charge in [0.15, 0.2) is 5.69 Å². The van der Waals surface area contributed by atoms with Crippen LogP contribution in [0, 0.1) is 11.8 Å². The normalized spacial score (nSPS) is 25.5. The van der Waals surface area contributed by atoms with E-state index in [1.54, 1.807) is 0 Å². The second-order valence-corrected chi connectivity index (χ2v) is 8.25. The minimum Gasteiger partial charge on any atom is -0.419 e. The lowest BCUT2D eigenvalue weighted by Gasteiger charge is -2.22. The maximum Gasteiger partial charge on any atom is 0.268 e. The number of fused-ring (bicyclic) bond motifs is 2. The summed E-state index contributed by atoms with van der Waals surface area (Å²) in [5.41, 5.74) is 1.90. The highest BCUT2D eigenvalue weighted by molar-refractivity contribution is 5.91. The Balaban J connectivity index is 1.45. The number of benzene rings is 1. The van der Waals surface area contributed by atoms with E-state index in [2.05, 4.69) is 54.9 Å². The summed E-state index contributed by atoms with van der Waals surface area (Å²) in [6.45, 7) is 11.1. The summed E-state index contributed by atoms with van der Waals surface area (Å²) in [5, 5.41) is 14.6. The zero-order valence-corrected chi connectivity index (χ0v) is 15.8. The Labute approximate surface area is 153 Å². The van der Waals surface area contributed by atoms with Crippen molar-refractivity contribution in [2.24, 2.45) is 11.8 Å². The zero-order chi connectivity index (χ0) is 18.0. The molecule has 0 N–H and O–H groups in total. The molecule has 1 aliphatic carbocycles. The SMILES string of the molecule is CC(C)N1CC2C(C1)C2c1nnc(-c2nn(C(C)C)c3ccccc23)o1. The van der Waals surface area contributed by atoms with Gasteiger partial charge in [-0.15, -0.1) is 10.2 Å². The Hall–Kier alpha value is -2.21. The maximum atomic E-state index is 6.11. The number of para-hydroxylation sites is 1. The molecule has 0 spiro atoms. The number of likely N-dealkylation sites (tertiary alicyclic amines) is 1. The largest absolute Gasteiger partial charge is 0.419 e. The topological polar surface area (TPSA) is 60.0 Å². The monoisotopic (exact) mass is 351 g/mol. The fourth-order valence-electron chi connectivity index (χ4n) is 4.45.